The highest BCUT2D eigenvalue weighted by atomic mass is 79.9. The van der Waals surface area contributed by atoms with Gasteiger partial charge in [0.25, 0.3) is 5.91 Å². The Morgan fingerprint density at radius 1 is 1.12 bits per heavy atom. The number of nitrogens with one attached hydrogen (secondary N) is 1. The average Bonchev–Trinajstić information content (AvgIpc) is 2.52. The van der Waals surface area contributed by atoms with Gasteiger partial charge in [-0.05, 0) is 63.0 Å². The molecule has 0 saturated carbocycles. The molecule has 2 aromatic rings. The van der Waals surface area contributed by atoms with E-state index in [1.165, 1.54) is 18.2 Å². The summed E-state index contributed by atoms with van der Waals surface area (Å²) in [5.74, 6) is -1.80. The molecular formula is C16H11Br2F5N2O. The number of anilines is 2. The molecule has 1 atom stereocenters. The zero-order valence-electron chi connectivity index (χ0n) is 13.0. The van der Waals surface area contributed by atoms with Gasteiger partial charge in [-0.25, -0.2) is 8.78 Å². The fourth-order valence-electron chi connectivity index (χ4n) is 2.03. The van der Waals surface area contributed by atoms with E-state index in [2.05, 4.69) is 37.2 Å². The topological polar surface area (TPSA) is 55.1 Å². The summed E-state index contributed by atoms with van der Waals surface area (Å²) in [6.07, 6.45) is -5.12. The number of halogens is 7. The van der Waals surface area contributed by atoms with Crippen molar-refractivity contribution >= 4 is 49.1 Å². The molecule has 0 aliphatic carbocycles. The molecule has 3 N–H and O–H groups in total. The van der Waals surface area contributed by atoms with Crippen LogP contribution in [0.3, 0.4) is 0 Å². The number of hydrogen-bond donors (Lipinski definition) is 2. The van der Waals surface area contributed by atoms with Crippen molar-refractivity contribution in [3.63, 3.8) is 0 Å². The van der Waals surface area contributed by atoms with E-state index in [-0.39, 0.29) is 25.9 Å². The molecule has 0 aliphatic rings. The maximum absolute atomic E-state index is 14.1. The minimum Gasteiger partial charge on any atom is -0.396 e. The number of carbonyl (C=O) groups is 1. The third-order valence-corrected chi connectivity index (χ3v) is 4.88. The molecule has 0 saturated heterocycles. The lowest BCUT2D eigenvalue weighted by Crippen LogP contribution is -2.35. The zero-order chi connectivity index (χ0) is 19.9. The largest absolute Gasteiger partial charge is 0.426 e. The molecule has 26 heavy (non-hydrogen) atoms. The highest BCUT2D eigenvalue weighted by molar-refractivity contribution is 9.11. The maximum Gasteiger partial charge on any atom is 0.426 e. The summed E-state index contributed by atoms with van der Waals surface area (Å²) in [4.78, 5) is 12.2. The minimum atomic E-state index is -5.12. The van der Waals surface area contributed by atoms with Gasteiger partial charge in [-0.1, -0.05) is 6.07 Å². The molecule has 2 aromatic carbocycles. The van der Waals surface area contributed by atoms with Gasteiger partial charge in [-0.3, -0.25) is 4.79 Å². The highest BCUT2D eigenvalue weighted by Crippen LogP contribution is 2.45. The lowest BCUT2D eigenvalue weighted by molar-refractivity contribution is -0.228. The Morgan fingerprint density at radius 3 is 2.15 bits per heavy atom. The van der Waals surface area contributed by atoms with Gasteiger partial charge >= 0.3 is 6.18 Å². The van der Waals surface area contributed by atoms with Crippen molar-refractivity contribution in [2.24, 2.45) is 0 Å². The van der Waals surface area contributed by atoms with Crippen LogP contribution in [0.2, 0.25) is 0 Å². The summed E-state index contributed by atoms with van der Waals surface area (Å²) in [5, 5.41) is 2.35. The molecular weight excluding hydrogens is 491 g/mol. The number of amides is 1. The Labute approximate surface area is 162 Å². The summed E-state index contributed by atoms with van der Waals surface area (Å²) in [7, 11) is 0. The zero-order valence-corrected chi connectivity index (χ0v) is 16.2. The SMILES string of the molecule is CC(F)(c1cc(Br)c(NC(=O)c2cccc(N)c2F)c(Br)c1)C(F)(F)F. The Kier molecular flexibility index (Phi) is 5.67. The van der Waals surface area contributed by atoms with Crippen molar-refractivity contribution in [3.8, 4) is 0 Å². The van der Waals surface area contributed by atoms with Crippen LogP contribution in [-0.2, 0) is 5.67 Å². The molecule has 2 rings (SSSR count). The van der Waals surface area contributed by atoms with Gasteiger partial charge in [-0.2, -0.15) is 13.2 Å². The van der Waals surface area contributed by atoms with Crippen LogP contribution < -0.4 is 11.1 Å². The van der Waals surface area contributed by atoms with E-state index in [9.17, 15) is 26.7 Å². The van der Waals surface area contributed by atoms with Gasteiger partial charge < -0.3 is 11.1 Å². The molecule has 3 nitrogen and oxygen atoms in total. The average molecular weight is 502 g/mol. The highest BCUT2D eigenvalue weighted by Gasteiger charge is 2.53. The molecule has 0 bridgehead atoms. The molecule has 1 amide bonds. The smallest absolute Gasteiger partial charge is 0.396 e. The summed E-state index contributed by atoms with van der Waals surface area (Å²) >= 11 is 5.99. The first-order chi connectivity index (χ1) is 11.9. The van der Waals surface area contributed by atoms with E-state index in [1.54, 1.807) is 0 Å². The monoisotopic (exact) mass is 500 g/mol. The van der Waals surface area contributed by atoms with Crippen LogP contribution in [0.4, 0.5) is 33.3 Å². The summed E-state index contributed by atoms with van der Waals surface area (Å²) in [5.41, 5.74) is 0.564. The van der Waals surface area contributed by atoms with Crippen molar-refractivity contribution < 1.29 is 26.7 Å². The Balaban J connectivity index is 2.41. The van der Waals surface area contributed by atoms with Crippen molar-refractivity contribution in [1.82, 2.24) is 0 Å². The molecule has 10 heteroatoms. The molecule has 0 radical (unpaired) electrons. The second kappa shape index (κ2) is 7.15. The number of hydrogen-bond acceptors (Lipinski definition) is 2. The Hall–Kier alpha value is -1.68. The molecule has 140 valence electrons. The summed E-state index contributed by atoms with van der Waals surface area (Å²) in [6.45, 7) is 0.390. The van der Waals surface area contributed by atoms with Gasteiger partial charge in [0.15, 0.2) is 5.82 Å². The molecule has 1 unspecified atom stereocenters. The standard InChI is InChI=1S/C16H11Br2F5N2O/c1-15(20,16(21,22)23)7-5-9(17)13(10(18)6-7)25-14(26)8-3-2-4-11(24)12(8)19/h2-6H,24H2,1H3,(H,25,26). The van der Waals surface area contributed by atoms with Crippen molar-refractivity contribution in [2.75, 3.05) is 11.1 Å². The lowest BCUT2D eigenvalue weighted by Gasteiger charge is -2.25. The van der Waals surface area contributed by atoms with Crippen molar-refractivity contribution in [3.05, 3.63) is 56.2 Å². The maximum atomic E-state index is 14.1. The number of nitrogen functional groups attached to an aromatic ring is 1. The lowest BCUT2D eigenvalue weighted by atomic mass is 9.97. The summed E-state index contributed by atoms with van der Waals surface area (Å²) in [6, 6.07) is 5.62. The van der Waals surface area contributed by atoms with Gasteiger partial charge in [-0.15, -0.1) is 0 Å². The molecule has 0 aromatic heterocycles. The molecule has 0 fully saturated rings. The van der Waals surface area contributed by atoms with Gasteiger partial charge in [0.1, 0.15) is 0 Å². The third kappa shape index (κ3) is 3.85. The second-order valence-electron chi connectivity index (χ2n) is 5.48. The first kappa shape index (κ1) is 20.6. The van der Waals surface area contributed by atoms with Gasteiger partial charge in [0.05, 0.1) is 16.9 Å². The number of rotatable bonds is 3. The van der Waals surface area contributed by atoms with Gasteiger partial charge in [0, 0.05) is 14.5 Å². The quantitative estimate of drug-likeness (QED) is 0.404. The predicted molar refractivity (Wildman–Crippen MR) is 95.1 cm³/mol. The van der Waals surface area contributed by atoms with E-state index >= 15 is 0 Å². The van der Waals surface area contributed by atoms with Crippen LogP contribution >= 0.6 is 31.9 Å². The number of benzene rings is 2. The van der Waals surface area contributed by atoms with Crippen LogP contribution in [0.1, 0.15) is 22.8 Å². The second-order valence-corrected chi connectivity index (χ2v) is 7.19. The Morgan fingerprint density at radius 2 is 1.65 bits per heavy atom. The van der Waals surface area contributed by atoms with Crippen LogP contribution in [0.25, 0.3) is 0 Å². The van der Waals surface area contributed by atoms with E-state index in [1.807, 2.05) is 0 Å². The summed E-state index contributed by atoms with van der Waals surface area (Å²) < 4.78 is 66.6. The van der Waals surface area contributed by atoms with Gasteiger partial charge in [0.2, 0.25) is 5.67 Å². The van der Waals surface area contributed by atoms with Crippen LogP contribution in [-0.4, -0.2) is 12.1 Å². The Bertz CT molecular complexity index is 845. The normalized spacial score (nSPS) is 14.0. The fourth-order valence-corrected chi connectivity index (χ4v) is 3.42. The third-order valence-electron chi connectivity index (χ3n) is 3.63. The van der Waals surface area contributed by atoms with E-state index in [0.717, 1.165) is 12.1 Å². The minimum absolute atomic E-state index is 0.0125. The molecule has 0 aliphatic heterocycles. The molecule has 0 heterocycles. The predicted octanol–water partition coefficient (Wildman–Crippen LogP) is 5.93. The van der Waals surface area contributed by atoms with E-state index in [0.29, 0.717) is 6.92 Å². The number of alkyl halides is 4. The fraction of sp³-hybridized carbons (Fsp3) is 0.188. The first-order valence-electron chi connectivity index (χ1n) is 6.96. The van der Waals surface area contributed by atoms with Crippen LogP contribution in [0, 0.1) is 5.82 Å². The van der Waals surface area contributed by atoms with E-state index in [4.69, 9.17) is 5.73 Å². The first-order valence-corrected chi connectivity index (χ1v) is 8.55. The number of carbonyl (C=O) groups excluding carboxylic acids is 1. The van der Waals surface area contributed by atoms with Crippen molar-refractivity contribution in [2.45, 2.75) is 18.8 Å². The van der Waals surface area contributed by atoms with Crippen molar-refractivity contribution in [1.29, 1.82) is 0 Å². The number of nitrogens with two attached hydrogens (primary N) is 1. The van der Waals surface area contributed by atoms with Crippen LogP contribution in [0.5, 0.6) is 0 Å². The molecule has 0 spiro atoms. The van der Waals surface area contributed by atoms with E-state index < -0.39 is 29.1 Å². The van der Waals surface area contributed by atoms with Crippen LogP contribution in [0.15, 0.2) is 39.3 Å².